The summed E-state index contributed by atoms with van der Waals surface area (Å²) in [6, 6.07) is 11.4. The smallest absolute Gasteiger partial charge is 0.254 e. The molecule has 28 heavy (non-hydrogen) atoms. The number of aromatic amines is 1. The molecule has 1 N–H and O–H groups in total. The number of hydrogen-bond donors (Lipinski definition) is 1. The van der Waals surface area contributed by atoms with E-state index in [9.17, 15) is 4.79 Å². The van der Waals surface area contributed by atoms with E-state index < -0.39 is 0 Å². The standard InChI is InChI=1S/C21H22N4O3/c1-27-15-9-14(10-16(11-15)28-2)12-25-8-6-17-19(13-25)23-20(24-21(17)26)18-5-3-4-7-22-18/h3-5,7,9-11H,6,8,12-13H2,1-2H3,(H,23,24,26). The van der Waals surface area contributed by atoms with Crippen molar-refractivity contribution in [3.8, 4) is 23.0 Å². The molecule has 0 saturated heterocycles. The van der Waals surface area contributed by atoms with Crippen molar-refractivity contribution in [3.05, 3.63) is 69.8 Å². The molecule has 0 fully saturated rings. The number of benzene rings is 1. The maximum Gasteiger partial charge on any atom is 0.254 e. The summed E-state index contributed by atoms with van der Waals surface area (Å²) in [6.45, 7) is 2.12. The number of rotatable bonds is 5. The highest BCUT2D eigenvalue weighted by Gasteiger charge is 2.22. The molecule has 0 unspecified atom stereocenters. The van der Waals surface area contributed by atoms with E-state index in [1.807, 2.05) is 36.4 Å². The van der Waals surface area contributed by atoms with Crippen LogP contribution in [0, 0.1) is 0 Å². The molecule has 4 rings (SSSR count). The minimum Gasteiger partial charge on any atom is -0.497 e. The van der Waals surface area contributed by atoms with Gasteiger partial charge < -0.3 is 14.5 Å². The van der Waals surface area contributed by atoms with Gasteiger partial charge in [0.25, 0.3) is 5.56 Å². The summed E-state index contributed by atoms with van der Waals surface area (Å²) in [5.74, 6) is 2.03. The highest BCUT2D eigenvalue weighted by Crippen LogP contribution is 2.25. The fourth-order valence-electron chi connectivity index (χ4n) is 3.47. The summed E-state index contributed by atoms with van der Waals surface area (Å²) < 4.78 is 10.7. The molecule has 0 radical (unpaired) electrons. The molecular formula is C21H22N4O3. The zero-order chi connectivity index (χ0) is 19.5. The zero-order valence-electron chi connectivity index (χ0n) is 15.9. The normalized spacial score (nSPS) is 13.8. The van der Waals surface area contributed by atoms with Crippen molar-refractivity contribution in [3.63, 3.8) is 0 Å². The molecule has 7 heteroatoms. The van der Waals surface area contributed by atoms with Gasteiger partial charge in [-0.2, -0.15) is 0 Å². The molecular weight excluding hydrogens is 356 g/mol. The topological polar surface area (TPSA) is 80.3 Å². The van der Waals surface area contributed by atoms with Gasteiger partial charge in [0.1, 0.15) is 17.2 Å². The molecule has 0 spiro atoms. The summed E-state index contributed by atoms with van der Waals surface area (Å²) >= 11 is 0. The van der Waals surface area contributed by atoms with E-state index in [2.05, 4.69) is 14.9 Å². The number of nitrogens with one attached hydrogen (secondary N) is 1. The average molecular weight is 378 g/mol. The third-order valence-corrected chi connectivity index (χ3v) is 4.88. The molecule has 0 atom stereocenters. The monoisotopic (exact) mass is 378 g/mol. The molecule has 0 saturated carbocycles. The van der Waals surface area contributed by atoms with Gasteiger partial charge in [-0.05, 0) is 36.2 Å². The molecule has 3 aromatic rings. The summed E-state index contributed by atoms with van der Waals surface area (Å²) in [7, 11) is 3.29. The van der Waals surface area contributed by atoms with Crippen molar-refractivity contribution in [1.82, 2.24) is 19.9 Å². The predicted octanol–water partition coefficient (Wildman–Crippen LogP) is 2.41. The Kier molecular flexibility index (Phi) is 5.08. The Labute approximate surface area is 163 Å². The third-order valence-electron chi connectivity index (χ3n) is 4.88. The Hall–Kier alpha value is -3.19. The summed E-state index contributed by atoms with van der Waals surface area (Å²) in [5, 5.41) is 0. The quantitative estimate of drug-likeness (QED) is 0.734. The number of methoxy groups -OCH3 is 2. The van der Waals surface area contributed by atoms with Gasteiger partial charge in [0, 0.05) is 37.5 Å². The maximum absolute atomic E-state index is 12.5. The van der Waals surface area contributed by atoms with Crippen molar-refractivity contribution in [2.45, 2.75) is 19.5 Å². The van der Waals surface area contributed by atoms with Gasteiger partial charge in [0.05, 0.1) is 19.9 Å². The van der Waals surface area contributed by atoms with Crippen LogP contribution in [-0.4, -0.2) is 40.6 Å². The van der Waals surface area contributed by atoms with Crippen LogP contribution in [0.3, 0.4) is 0 Å². The second-order valence-electron chi connectivity index (χ2n) is 6.74. The van der Waals surface area contributed by atoms with Crippen LogP contribution in [0.5, 0.6) is 11.5 Å². The Morgan fingerprint density at radius 1 is 1.14 bits per heavy atom. The molecule has 7 nitrogen and oxygen atoms in total. The van der Waals surface area contributed by atoms with Crippen LogP contribution in [0.25, 0.3) is 11.5 Å². The molecule has 0 aliphatic carbocycles. The lowest BCUT2D eigenvalue weighted by Crippen LogP contribution is -2.35. The summed E-state index contributed by atoms with van der Waals surface area (Å²) in [4.78, 5) is 26.6. The number of nitrogens with zero attached hydrogens (tertiary/aromatic N) is 3. The van der Waals surface area contributed by atoms with Gasteiger partial charge in [0.15, 0.2) is 5.82 Å². The first-order chi connectivity index (χ1) is 13.7. The van der Waals surface area contributed by atoms with E-state index in [0.29, 0.717) is 24.5 Å². The highest BCUT2D eigenvalue weighted by atomic mass is 16.5. The first kappa shape index (κ1) is 18.2. The maximum atomic E-state index is 12.5. The summed E-state index contributed by atoms with van der Waals surface area (Å²) in [5.41, 5.74) is 3.25. The third kappa shape index (κ3) is 3.75. The SMILES string of the molecule is COc1cc(CN2CCc3c(nc(-c4ccccn4)[nH]c3=O)C2)cc(OC)c1. The second kappa shape index (κ2) is 7.82. The Morgan fingerprint density at radius 2 is 1.93 bits per heavy atom. The van der Waals surface area contributed by atoms with E-state index in [1.54, 1.807) is 20.4 Å². The zero-order valence-corrected chi connectivity index (χ0v) is 15.9. The first-order valence-corrected chi connectivity index (χ1v) is 9.14. The van der Waals surface area contributed by atoms with Crippen molar-refractivity contribution in [2.75, 3.05) is 20.8 Å². The first-order valence-electron chi connectivity index (χ1n) is 9.14. The highest BCUT2D eigenvalue weighted by molar-refractivity contribution is 5.49. The number of pyridine rings is 1. The number of hydrogen-bond acceptors (Lipinski definition) is 6. The lowest BCUT2D eigenvalue weighted by Gasteiger charge is -2.28. The van der Waals surface area contributed by atoms with Gasteiger partial charge in [-0.15, -0.1) is 0 Å². The fraction of sp³-hybridized carbons (Fsp3) is 0.286. The van der Waals surface area contributed by atoms with Crippen LogP contribution in [0.1, 0.15) is 16.8 Å². The van der Waals surface area contributed by atoms with Gasteiger partial charge in [0.2, 0.25) is 0 Å². The van der Waals surface area contributed by atoms with E-state index in [0.717, 1.165) is 41.4 Å². The van der Waals surface area contributed by atoms with E-state index in [4.69, 9.17) is 14.5 Å². The molecule has 2 aromatic heterocycles. The predicted molar refractivity (Wildman–Crippen MR) is 105 cm³/mol. The van der Waals surface area contributed by atoms with Gasteiger partial charge in [-0.3, -0.25) is 14.7 Å². The average Bonchev–Trinajstić information content (AvgIpc) is 2.73. The van der Waals surface area contributed by atoms with Crippen LogP contribution in [0.15, 0.2) is 47.4 Å². The molecule has 0 bridgehead atoms. The van der Waals surface area contributed by atoms with Crippen LogP contribution >= 0.6 is 0 Å². The number of ether oxygens (including phenoxy) is 2. The van der Waals surface area contributed by atoms with Crippen molar-refractivity contribution >= 4 is 0 Å². The minimum atomic E-state index is -0.0756. The number of aromatic nitrogens is 3. The molecule has 1 aliphatic rings. The minimum absolute atomic E-state index is 0.0756. The van der Waals surface area contributed by atoms with Crippen molar-refractivity contribution in [1.29, 1.82) is 0 Å². The fourth-order valence-corrected chi connectivity index (χ4v) is 3.47. The largest absolute Gasteiger partial charge is 0.497 e. The molecule has 144 valence electrons. The van der Waals surface area contributed by atoms with E-state index in [1.165, 1.54) is 0 Å². The lowest BCUT2D eigenvalue weighted by molar-refractivity contribution is 0.240. The van der Waals surface area contributed by atoms with Crippen LogP contribution < -0.4 is 15.0 Å². The summed E-state index contributed by atoms with van der Waals surface area (Å²) in [6.07, 6.45) is 2.36. The van der Waals surface area contributed by atoms with Crippen LogP contribution in [-0.2, 0) is 19.5 Å². The van der Waals surface area contributed by atoms with Gasteiger partial charge in [-0.25, -0.2) is 4.98 Å². The Morgan fingerprint density at radius 3 is 2.61 bits per heavy atom. The Bertz CT molecular complexity index is 1010. The van der Waals surface area contributed by atoms with Crippen LogP contribution in [0.4, 0.5) is 0 Å². The van der Waals surface area contributed by atoms with E-state index >= 15 is 0 Å². The molecule has 1 aromatic carbocycles. The van der Waals surface area contributed by atoms with Gasteiger partial charge in [-0.1, -0.05) is 6.07 Å². The van der Waals surface area contributed by atoms with E-state index in [-0.39, 0.29) is 5.56 Å². The second-order valence-corrected chi connectivity index (χ2v) is 6.74. The molecule has 1 aliphatic heterocycles. The van der Waals surface area contributed by atoms with Crippen molar-refractivity contribution < 1.29 is 9.47 Å². The van der Waals surface area contributed by atoms with Gasteiger partial charge >= 0.3 is 0 Å². The van der Waals surface area contributed by atoms with Crippen molar-refractivity contribution in [2.24, 2.45) is 0 Å². The van der Waals surface area contributed by atoms with Crippen LogP contribution in [0.2, 0.25) is 0 Å². The number of H-pyrrole nitrogens is 1. The lowest BCUT2D eigenvalue weighted by atomic mass is 10.1. The number of fused-ring (bicyclic) bond motifs is 1. The molecule has 0 amide bonds. The Balaban J connectivity index is 1.59. The molecule has 3 heterocycles.